The minimum atomic E-state index is -0.621. The van der Waals surface area contributed by atoms with Crippen LogP contribution in [0.25, 0.3) is 22.2 Å². The van der Waals surface area contributed by atoms with E-state index >= 15 is 0 Å². The maximum Gasteiger partial charge on any atom is 0.150 e. The van der Waals surface area contributed by atoms with E-state index in [4.69, 9.17) is 9.84 Å². The molecule has 0 saturated carbocycles. The van der Waals surface area contributed by atoms with E-state index in [0.29, 0.717) is 6.42 Å². The minimum absolute atomic E-state index is 0.0956. The van der Waals surface area contributed by atoms with Crippen molar-refractivity contribution < 1.29 is 14.2 Å². The number of fused-ring (bicyclic) bond motifs is 1. The molecule has 1 saturated heterocycles. The Hall–Kier alpha value is -3.02. The quantitative estimate of drug-likeness (QED) is 0.484. The Morgan fingerprint density at radius 3 is 2.60 bits per heavy atom. The van der Waals surface area contributed by atoms with Crippen LogP contribution >= 0.6 is 0 Å². The number of hydrogen-bond donors (Lipinski definition) is 1. The second kappa shape index (κ2) is 8.01. The minimum Gasteiger partial charge on any atom is -0.388 e. The summed E-state index contributed by atoms with van der Waals surface area (Å²) in [6.07, 6.45) is 1.74. The van der Waals surface area contributed by atoms with Crippen molar-refractivity contribution in [3.05, 3.63) is 89.7 Å². The highest BCUT2D eigenvalue weighted by Gasteiger charge is 2.23. The first-order valence-corrected chi connectivity index (χ1v) is 10.3. The molecule has 2 atom stereocenters. The van der Waals surface area contributed by atoms with Gasteiger partial charge in [0.1, 0.15) is 11.5 Å². The largest absolute Gasteiger partial charge is 0.388 e. The van der Waals surface area contributed by atoms with Crippen molar-refractivity contribution in [2.24, 2.45) is 0 Å². The number of benzene rings is 3. The van der Waals surface area contributed by atoms with Crippen LogP contribution in [-0.4, -0.2) is 21.5 Å². The Labute approximate surface area is 174 Å². The lowest BCUT2D eigenvalue weighted by Gasteiger charge is -2.13. The zero-order valence-electron chi connectivity index (χ0n) is 16.5. The van der Waals surface area contributed by atoms with E-state index in [0.717, 1.165) is 52.7 Å². The van der Waals surface area contributed by atoms with Crippen LogP contribution < -0.4 is 0 Å². The van der Waals surface area contributed by atoms with Crippen molar-refractivity contribution in [2.45, 2.75) is 31.6 Å². The monoisotopic (exact) mass is 402 g/mol. The van der Waals surface area contributed by atoms with Crippen LogP contribution in [0.4, 0.5) is 4.39 Å². The molecule has 0 aliphatic carbocycles. The summed E-state index contributed by atoms with van der Waals surface area (Å²) in [5.74, 6) is -0.277. The van der Waals surface area contributed by atoms with Gasteiger partial charge in [-0.05, 0) is 60.4 Å². The number of ether oxygens (including phenoxy) is 1. The zero-order valence-corrected chi connectivity index (χ0v) is 16.5. The molecule has 1 fully saturated rings. The lowest BCUT2D eigenvalue weighted by Crippen LogP contribution is -2.09. The second-order valence-electron chi connectivity index (χ2n) is 7.75. The predicted octanol–water partition coefficient (Wildman–Crippen LogP) is 5.43. The molecule has 30 heavy (non-hydrogen) atoms. The molecule has 1 aromatic heterocycles. The van der Waals surface area contributed by atoms with Crippen molar-refractivity contribution >= 4 is 10.9 Å². The Bertz CT molecular complexity index is 1150. The average Bonchev–Trinajstić information content (AvgIpc) is 3.42. The lowest BCUT2D eigenvalue weighted by molar-refractivity contribution is 0.0505. The van der Waals surface area contributed by atoms with E-state index in [9.17, 15) is 9.50 Å². The predicted molar refractivity (Wildman–Crippen MR) is 114 cm³/mol. The molecule has 0 bridgehead atoms. The lowest BCUT2D eigenvalue weighted by atomic mass is 9.98. The summed E-state index contributed by atoms with van der Waals surface area (Å²) >= 11 is 0. The number of aliphatic hydroxyl groups excluding tert-OH is 1. The SMILES string of the molecule is OC(Cc1ccccc1)c1ccc2c(c1)c(-c1ccc(F)cc1)nn2C1CCCO1. The van der Waals surface area contributed by atoms with Crippen LogP contribution in [-0.2, 0) is 11.2 Å². The van der Waals surface area contributed by atoms with Crippen molar-refractivity contribution in [3.8, 4) is 11.3 Å². The fourth-order valence-corrected chi connectivity index (χ4v) is 4.12. The summed E-state index contributed by atoms with van der Waals surface area (Å²) < 4.78 is 21.3. The topological polar surface area (TPSA) is 47.3 Å². The molecule has 4 aromatic rings. The molecule has 3 aromatic carbocycles. The number of hydrogen-bond acceptors (Lipinski definition) is 3. The van der Waals surface area contributed by atoms with Crippen molar-refractivity contribution in [1.82, 2.24) is 9.78 Å². The van der Waals surface area contributed by atoms with Gasteiger partial charge in [-0.15, -0.1) is 0 Å². The van der Waals surface area contributed by atoms with E-state index in [2.05, 4.69) is 0 Å². The van der Waals surface area contributed by atoms with Crippen LogP contribution in [0, 0.1) is 5.82 Å². The number of aromatic nitrogens is 2. The van der Waals surface area contributed by atoms with Crippen LogP contribution in [0.2, 0.25) is 0 Å². The number of halogens is 1. The fraction of sp³-hybridized carbons (Fsp3) is 0.240. The van der Waals surface area contributed by atoms with Crippen LogP contribution in [0.1, 0.15) is 36.3 Å². The van der Waals surface area contributed by atoms with Gasteiger partial charge in [-0.25, -0.2) is 9.07 Å². The van der Waals surface area contributed by atoms with Crippen molar-refractivity contribution in [3.63, 3.8) is 0 Å². The third kappa shape index (κ3) is 3.62. The number of aliphatic hydroxyl groups is 1. The molecular formula is C25H23FN2O2. The molecular weight excluding hydrogens is 379 g/mol. The Balaban J connectivity index is 1.58. The third-order valence-electron chi connectivity index (χ3n) is 5.68. The van der Waals surface area contributed by atoms with Gasteiger partial charge >= 0.3 is 0 Å². The maximum atomic E-state index is 13.5. The molecule has 0 amide bonds. The summed E-state index contributed by atoms with van der Waals surface area (Å²) in [7, 11) is 0. The van der Waals surface area contributed by atoms with Gasteiger partial charge in [0.2, 0.25) is 0 Å². The molecule has 2 unspecified atom stereocenters. The van der Waals surface area contributed by atoms with Gasteiger partial charge in [0.05, 0.1) is 11.6 Å². The summed E-state index contributed by atoms with van der Waals surface area (Å²) in [4.78, 5) is 0. The van der Waals surface area contributed by atoms with E-state index in [1.165, 1.54) is 12.1 Å². The van der Waals surface area contributed by atoms with Gasteiger partial charge in [0.25, 0.3) is 0 Å². The van der Waals surface area contributed by atoms with Gasteiger partial charge in [-0.1, -0.05) is 36.4 Å². The zero-order chi connectivity index (χ0) is 20.5. The Morgan fingerprint density at radius 2 is 1.87 bits per heavy atom. The summed E-state index contributed by atoms with van der Waals surface area (Å²) in [6.45, 7) is 0.728. The first kappa shape index (κ1) is 19.0. The van der Waals surface area contributed by atoms with E-state index in [-0.39, 0.29) is 12.0 Å². The first-order valence-electron chi connectivity index (χ1n) is 10.3. The number of nitrogens with zero attached hydrogens (tertiary/aromatic N) is 2. The van der Waals surface area contributed by atoms with Crippen molar-refractivity contribution in [2.75, 3.05) is 6.61 Å². The normalized spacial score (nSPS) is 17.5. The Kier molecular flexibility index (Phi) is 5.07. The highest BCUT2D eigenvalue weighted by atomic mass is 19.1. The van der Waals surface area contributed by atoms with Crippen LogP contribution in [0.15, 0.2) is 72.8 Å². The smallest absolute Gasteiger partial charge is 0.150 e. The summed E-state index contributed by atoms with van der Waals surface area (Å²) in [5.41, 5.74) is 4.49. The first-order chi connectivity index (χ1) is 14.7. The van der Waals surface area contributed by atoms with Gasteiger partial charge < -0.3 is 9.84 Å². The maximum absolute atomic E-state index is 13.5. The van der Waals surface area contributed by atoms with Crippen LogP contribution in [0.3, 0.4) is 0 Å². The molecule has 0 spiro atoms. The molecule has 0 radical (unpaired) electrons. The van der Waals surface area contributed by atoms with E-state index in [1.807, 2.05) is 53.2 Å². The molecule has 4 nitrogen and oxygen atoms in total. The molecule has 152 valence electrons. The molecule has 2 heterocycles. The summed E-state index contributed by atoms with van der Waals surface area (Å²) in [6, 6.07) is 22.3. The van der Waals surface area contributed by atoms with E-state index < -0.39 is 6.10 Å². The van der Waals surface area contributed by atoms with Crippen LogP contribution in [0.5, 0.6) is 0 Å². The molecule has 5 heteroatoms. The second-order valence-corrected chi connectivity index (χ2v) is 7.75. The highest BCUT2D eigenvalue weighted by Crippen LogP contribution is 2.35. The third-order valence-corrected chi connectivity index (χ3v) is 5.68. The van der Waals surface area contributed by atoms with Gasteiger partial charge in [-0.3, -0.25) is 0 Å². The van der Waals surface area contributed by atoms with Gasteiger partial charge in [-0.2, -0.15) is 5.10 Å². The van der Waals surface area contributed by atoms with E-state index in [1.54, 1.807) is 12.1 Å². The average molecular weight is 402 g/mol. The molecule has 1 N–H and O–H groups in total. The highest BCUT2D eigenvalue weighted by molar-refractivity contribution is 5.94. The summed E-state index contributed by atoms with van der Waals surface area (Å²) in [5, 5.41) is 16.6. The fourth-order valence-electron chi connectivity index (χ4n) is 4.12. The number of rotatable bonds is 5. The van der Waals surface area contributed by atoms with Gasteiger partial charge in [0.15, 0.2) is 6.23 Å². The Morgan fingerprint density at radius 1 is 1.07 bits per heavy atom. The van der Waals surface area contributed by atoms with Crippen molar-refractivity contribution in [1.29, 1.82) is 0 Å². The molecule has 1 aliphatic rings. The molecule has 1 aliphatic heterocycles. The van der Waals surface area contributed by atoms with Gasteiger partial charge in [0, 0.05) is 24.0 Å². The molecule has 5 rings (SSSR count). The standard InChI is InChI=1S/C25H23FN2O2/c26-20-11-8-18(9-12-20)25-21-16-19(23(29)15-17-5-2-1-3-6-17)10-13-22(21)28(27-25)24-7-4-14-30-24/h1-3,5-6,8-13,16,23-24,29H,4,7,14-15H2.